The van der Waals surface area contributed by atoms with Crippen LogP contribution in [-0.4, -0.2) is 59.6 Å². The number of hydrogen-bond acceptors (Lipinski definition) is 6. The zero-order valence-corrected chi connectivity index (χ0v) is 21.3. The van der Waals surface area contributed by atoms with E-state index in [0.717, 1.165) is 5.56 Å². The Labute approximate surface area is 211 Å². The van der Waals surface area contributed by atoms with E-state index in [1.807, 2.05) is 12.1 Å². The number of furan rings is 1. The molecular weight excluding hydrogens is 480 g/mol. The molecule has 4 rings (SSSR count). The molecule has 9 nitrogen and oxygen atoms in total. The molecule has 0 saturated carbocycles. The molecule has 190 valence electrons. The second kappa shape index (κ2) is 10.6. The number of carbonyl (C=O) groups is 2. The first kappa shape index (κ1) is 25.6. The monoisotopic (exact) mass is 510 g/mol. The number of carbonyl (C=O) groups excluding carboxylic acids is 2. The largest absolute Gasteiger partial charge is 0.464 e. The number of piperazine rings is 1. The molecule has 1 fully saturated rings. The van der Waals surface area contributed by atoms with Crippen molar-refractivity contribution < 1.29 is 22.4 Å². The Kier molecular flexibility index (Phi) is 7.56. The summed E-state index contributed by atoms with van der Waals surface area (Å²) in [4.78, 5) is 32.4. The Bertz CT molecular complexity index is 1290. The number of rotatable bonds is 7. The van der Waals surface area contributed by atoms with Gasteiger partial charge in [0.25, 0.3) is 0 Å². The van der Waals surface area contributed by atoms with E-state index in [9.17, 15) is 18.0 Å². The highest BCUT2D eigenvalue weighted by molar-refractivity contribution is 7.89. The third kappa shape index (κ3) is 5.34. The number of aromatic nitrogens is 1. The minimum absolute atomic E-state index is 0.106. The maximum atomic E-state index is 13.3. The van der Waals surface area contributed by atoms with Gasteiger partial charge in [-0.2, -0.15) is 4.31 Å². The zero-order valence-electron chi connectivity index (χ0n) is 20.5. The predicted octanol–water partition coefficient (Wildman–Crippen LogP) is 2.90. The number of nitrogens with one attached hydrogen (secondary N) is 1. The summed E-state index contributed by atoms with van der Waals surface area (Å²) in [6.07, 6.45) is 3.24. The van der Waals surface area contributed by atoms with Gasteiger partial charge in [0.1, 0.15) is 11.8 Å². The summed E-state index contributed by atoms with van der Waals surface area (Å²) in [7, 11) is -3.83. The molecule has 3 heterocycles. The molecule has 1 aromatic carbocycles. The molecule has 10 heteroatoms. The Balaban J connectivity index is 1.53. The van der Waals surface area contributed by atoms with Crippen LogP contribution >= 0.6 is 0 Å². The van der Waals surface area contributed by atoms with Crippen molar-refractivity contribution in [2.45, 2.75) is 44.3 Å². The van der Waals surface area contributed by atoms with Crippen LogP contribution < -0.4 is 5.32 Å². The van der Waals surface area contributed by atoms with Gasteiger partial charge in [0.2, 0.25) is 21.8 Å². The first-order valence-corrected chi connectivity index (χ1v) is 13.3. The number of hydrogen-bond donors (Lipinski definition) is 1. The van der Waals surface area contributed by atoms with Crippen LogP contribution in [0.2, 0.25) is 0 Å². The lowest BCUT2D eigenvalue weighted by Crippen LogP contribution is -2.65. The second-order valence-electron chi connectivity index (χ2n) is 9.13. The van der Waals surface area contributed by atoms with Gasteiger partial charge in [-0.3, -0.25) is 14.6 Å². The maximum absolute atomic E-state index is 13.3. The van der Waals surface area contributed by atoms with E-state index in [-0.39, 0.29) is 36.4 Å². The summed E-state index contributed by atoms with van der Waals surface area (Å²) >= 11 is 0. The van der Waals surface area contributed by atoms with Gasteiger partial charge in [0.15, 0.2) is 0 Å². The molecular formula is C26H30N4O5S. The van der Waals surface area contributed by atoms with E-state index < -0.39 is 28.0 Å². The van der Waals surface area contributed by atoms with Crippen LogP contribution in [0.1, 0.15) is 26.5 Å². The van der Waals surface area contributed by atoms with Crippen LogP contribution in [0, 0.1) is 5.92 Å². The van der Waals surface area contributed by atoms with Crippen LogP contribution in [0.15, 0.2) is 76.4 Å². The summed E-state index contributed by atoms with van der Waals surface area (Å²) in [5.74, 6) is -0.270. The van der Waals surface area contributed by atoms with Crippen LogP contribution in [0.3, 0.4) is 0 Å². The molecule has 2 atom stereocenters. The summed E-state index contributed by atoms with van der Waals surface area (Å²) in [5, 5.41) is 2.84. The minimum atomic E-state index is -3.83. The fourth-order valence-corrected chi connectivity index (χ4v) is 5.82. The lowest BCUT2D eigenvalue weighted by molar-refractivity contribution is -0.148. The van der Waals surface area contributed by atoms with Gasteiger partial charge >= 0.3 is 0 Å². The molecule has 0 aliphatic carbocycles. The lowest BCUT2D eigenvalue weighted by atomic mass is 10.0. The third-order valence-electron chi connectivity index (χ3n) is 6.16. The van der Waals surface area contributed by atoms with Gasteiger partial charge in [-0.25, -0.2) is 8.42 Å². The highest BCUT2D eigenvalue weighted by Crippen LogP contribution is 2.25. The molecule has 1 N–H and O–H groups in total. The maximum Gasteiger partial charge on any atom is 0.244 e. The van der Waals surface area contributed by atoms with Crippen molar-refractivity contribution in [1.29, 1.82) is 0 Å². The number of pyridine rings is 1. The van der Waals surface area contributed by atoms with Crippen LogP contribution in [0.5, 0.6) is 0 Å². The van der Waals surface area contributed by atoms with E-state index in [0.29, 0.717) is 11.5 Å². The van der Waals surface area contributed by atoms with Gasteiger partial charge in [-0.05, 0) is 43.3 Å². The fraction of sp³-hybridized carbons (Fsp3) is 0.346. The summed E-state index contributed by atoms with van der Waals surface area (Å²) < 4.78 is 33.2. The third-order valence-corrected chi connectivity index (χ3v) is 8.01. The first-order chi connectivity index (χ1) is 17.2. The molecule has 2 amide bonds. The van der Waals surface area contributed by atoms with Crippen molar-refractivity contribution in [3.63, 3.8) is 0 Å². The number of nitrogens with zero attached hydrogens (tertiary/aromatic N) is 3. The first-order valence-electron chi connectivity index (χ1n) is 11.8. The normalized spacial score (nSPS) is 18.8. The highest BCUT2D eigenvalue weighted by atomic mass is 32.2. The molecule has 0 radical (unpaired) electrons. The summed E-state index contributed by atoms with van der Waals surface area (Å²) in [6.45, 7) is 5.41. The SMILES string of the molecule is CC(C)C(=O)N1[C@H](C)CN(S(=O)(=O)c2ccccc2)C[C@@H]1C(=O)NCc1ccc(-c2ccco2)cn1. The molecule has 0 spiro atoms. The van der Waals surface area contributed by atoms with E-state index in [4.69, 9.17) is 4.42 Å². The molecule has 1 aliphatic rings. The smallest absolute Gasteiger partial charge is 0.244 e. The van der Waals surface area contributed by atoms with Gasteiger partial charge in [0, 0.05) is 36.8 Å². The Morgan fingerprint density at radius 2 is 1.83 bits per heavy atom. The molecule has 0 unspecified atom stereocenters. The Hall–Kier alpha value is -3.50. The summed E-state index contributed by atoms with van der Waals surface area (Å²) in [5.41, 5.74) is 1.43. The average molecular weight is 511 g/mol. The average Bonchev–Trinajstić information content (AvgIpc) is 3.42. The summed E-state index contributed by atoms with van der Waals surface area (Å²) in [6, 6.07) is 13.9. The van der Waals surface area contributed by atoms with Gasteiger partial charge in [-0.15, -0.1) is 0 Å². The Morgan fingerprint density at radius 1 is 1.08 bits per heavy atom. The van der Waals surface area contributed by atoms with Crippen molar-refractivity contribution in [3.05, 3.63) is 72.8 Å². The standard InChI is InChI=1S/C26H30N4O5S/c1-18(2)26(32)30-19(3)16-29(36(33,34)22-8-5-4-6-9-22)17-23(30)25(31)28-15-21-12-11-20(14-27-21)24-10-7-13-35-24/h4-14,18-19,23H,15-17H2,1-3H3,(H,28,31)/t19-,23-/m1/s1. The van der Waals surface area contributed by atoms with E-state index in [1.54, 1.807) is 63.6 Å². The highest BCUT2D eigenvalue weighted by Gasteiger charge is 2.43. The predicted molar refractivity (Wildman–Crippen MR) is 134 cm³/mol. The van der Waals surface area contributed by atoms with Crippen molar-refractivity contribution in [1.82, 2.24) is 19.5 Å². The zero-order chi connectivity index (χ0) is 25.9. The van der Waals surface area contributed by atoms with Crippen molar-refractivity contribution >= 4 is 21.8 Å². The van der Waals surface area contributed by atoms with E-state index >= 15 is 0 Å². The van der Waals surface area contributed by atoms with E-state index in [2.05, 4.69) is 10.3 Å². The van der Waals surface area contributed by atoms with Crippen LogP contribution in [0.4, 0.5) is 0 Å². The van der Waals surface area contributed by atoms with Crippen molar-refractivity contribution in [2.24, 2.45) is 5.92 Å². The lowest BCUT2D eigenvalue weighted by Gasteiger charge is -2.44. The topological polar surface area (TPSA) is 113 Å². The molecule has 3 aromatic rings. The number of benzene rings is 1. The van der Waals surface area contributed by atoms with Gasteiger partial charge in [0.05, 0.1) is 23.4 Å². The van der Waals surface area contributed by atoms with Gasteiger partial charge < -0.3 is 14.6 Å². The number of amides is 2. The van der Waals surface area contributed by atoms with E-state index in [1.165, 1.54) is 21.3 Å². The van der Waals surface area contributed by atoms with Crippen LogP contribution in [0.25, 0.3) is 11.3 Å². The Morgan fingerprint density at radius 3 is 2.44 bits per heavy atom. The molecule has 2 aromatic heterocycles. The quantitative estimate of drug-likeness (QED) is 0.523. The fourth-order valence-electron chi connectivity index (χ4n) is 4.27. The van der Waals surface area contributed by atoms with Crippen molar-refractivity contribution in [2.75, 3.05) is 13.1 Å². The molecule has 36 heavy (non-hydrogen) atoms. The minimum Gasteiger partial charge on any atom is -0.464 e. The molecule has 1 saturated heterocycles. The van der Waals surface area contributed by atoms with Gasteiger partial charge in [-0.1, -0.05) is 32.0 Å². The van der Waals surface area contributed by atoms with Crippen LogP contribution in [-0.2, 0) is 26.2 Å². The molecule has 1 aliphatic heterocycles. The van der Waals surface area contributed by atoms with Crippen molar-refractivity contribution in [3.8, 4) is 11.3 Å². The molecule has 0 bridgehead atoms. The second-order valence-corrected chi connectivity index (χ2v) is 11.1. The number of sulfonamides is 1.